The minimum absolute atomic E-state index is 0.132. The van der Waals surface area contributed by atoms with Gasteiger partial charge in [-0.1, -0.05) is 35.3 Å². The van der Waals surface area contributed by atoms with E-state index in [-0.39, 0.29) is 18.0 Å². The van der Waals surface area contributed by atoms with E-state index >= 15 is 0 Å². The molecule has 3 aromatic carbocycles. The van der Waals surface area contributed by atoms with Crippen molar-refractivity contribution in [3.8, 4) is 11.5 Å². The zero-order valence-electron chi connectivity index (χ0n) is 18.7. The molecule has 3 rings (SSSR count). The number of para-hydroxylation sites is 1. The number of hydrogen-bond acceptors (Lipinski definition) is 6. The minimum atomic E-state index is -1.09. The predicted octanol–water partition coefficient (Wildman–Crippen LogP) is 4.25. The second-order valence-electron chi connectivity index (χ2n) is 7.04. The third-order valence-electron chi connectivity index (χ3n) is 4.40. The SMILES string of the molecule is COc1cc(/C=N\NC(=O)C(=O)Nc2ccccc2F)ccc1OCC(=O)Nc1cc(Cl)cc(Cl)c1. The summed E-state index contributed by atoms with van der Waals surface area (Å²) in [5.74, 6) is -2.73. The first-order valence-corrected chi connectivity index (χ1v) is 11.0. The van der Waals surface area contributed by atoms with Gasteiger partial charge in [-0.3, -0.25) is 14.4 Å². The fourth-order valence-electron chi connectivity index (χ4n) is 2.81. The van der Waals surface area contributed by atoms with E-state index in [4.69, 9.17) is 32.7 Å². The lowest BCUT2D eigenvalue weighted by Gasteiger charge is -2.12. The summed E-state index contributed by atoms with van der Waals surface area (Å²) >= 11 is 11.8. The van der Waals surface area contributed by atoms with Crippen LogP contribution in [-0.2, 0) is 14.4 Å². The van der Waals surface area contributed by atoms with Crippen LogP contribution in [0.15, 0.2) is 65.8 Å². The first-order chi connectivity index (χ1) is 17.2. The van der Waals surface area contributed by atoms with Gasteiger partial charge in [-0.15, -0.1) is 0 Å². The van der Waals surface area contributed by atoms with Gasteiger partial charge in [0, 0.05) is 15.7 Å². The number of rotatable bonds is 8. The minimum Gasteiger partial charge on any atom is -0.493 e. The Bertz CT molecular complexity index is 1300. The van der Waals surface area contributed by atoms with Crippen LogP contribution in [0.2, 0.25) is 10.0 Å². The maximum absolute atomic E-state index is 13.6. The van der Waals surface area contributed by atoms with E-state index in [2.05, 4.69) is 15.7 Å². The van der Waals surface area contributed by atoms with Crippen LogP contribution in [0, 0.1) is 5.82 Å². The Balaban J connectivity index is 1.54. The molecule has 0 saturated carbocycles. The maximum Gasteiger partial charge on any atom is 0.329 e. The number of benzene rings is 3. The molecule has 0 aromatic heterocycles. The van der Waals surface area contributed by atoms with Crippen molar-refractivity contribution < 1.29 is 28.2 Å². The van der Waals surface area contributed by atoms with Crippen molar-refractivity contribution in [1.82, 2.24) is 5.43 Å². The van der Waals surface area contributed by atoms with E-state index in [1.165, 1.54) is 43.7 Å². The van der Waals surface area contributed by atoms with Crippen molar-refractivity contribution in [1.29, 1.82) is 0 Å². The topological polar surface area (TPSA) is 118 Å². The van der Waals surface area contributed by atoms with Gasteiger partial charge in [0.1, 0.15) is 5.82 Å². The van der Waals surface area contributed by atoms with Crippen molar-refractivity contribution in [3.05, 3.63) is 82.1 Å². The molecule has 0 unspecified atom stereocenters. The van der Waals surface area contributed by atoms with Gasteiger partial charge in [0.2, 0.25) is 0 Å². The van der Waals surface area contributed by atoms with E-state index in [9.17, 15) is 18.8 Å². The van der Waals surface area contributed by atoms with Crippen LogP contribution in [0.4, 0.5) is 15.8 Å². The number of carbonyl (C=O) groups is 3. The highest BCUT2D eigenvalue weighted by Crippen LogP contribution is 2.28. The Morgan fingerprint density at radius 1 is 0.944 bits per heavy atom. The Labute approximate surface area is 215 Å². The number of halogens is 3. The summed E-state index contributed by atoms with van der Waals surface area (Å²) in [6.45, 7) is -0.318. The van der Waals surface area contributed by atoms with E-state index in [0.717, 1.165) is 6.07 Å². The Hall–Kier alpha value is -4.15. The van der Waals surface area contributed by atoms with Crippen molar-refractivity contribution in [2.75, 3.05) is 24.4 Å². The van der Waals surface area contributed by atoms with E-state index in [0.29, 0.717) is 27.0 Å². The molecule has 0 aliphatic heterocycles. The summed E-state index contributed by atoms with van der Waals surface area (Å²) in [5.41, 5.74) is 2.83. The summed E-state index contributed by atoms with van der Waals surface area (Å²) in [6, 6.07) is 14.7. The van der Waals surface area contributed by atoms with Crippen LogP contribution in [-0.4, -0.2) is 37.7 Å². The van der Waals surface area contributed by atoms with Crippen LogP contribution in [0.3, 0.4) is 0 Å². The maximum atomic E-state index is 13.6. The second-order valence-corrected chi connectivity index (χ2v) is 7.91. The van der Waals surface area contributed by atoms with Crippen molar-refractivity contribution in [3.63, 3.8) is 0 Å². The number of ether oxygens (including phenoxy) is 2. The van der Waals surface area contributed by atoms with Crippen molar-refractivity contribution in [2.45, 2.75) is 0 Å². The van der Waals surface area contributed by atoms with E-state index < -0.39 is 23.5 Å². The van der Waals surface area contributed by atoms with Gasteiger partial charge in [0.05, 0.1) is 19.0 Å². The highest BCUT2D eigenvalue weighted by Gasteiger charge is 2.15. The van der Waals surface area contributed by atoms with Crippen LogP contribution in [0.1, 0.15) is 5.56 Å². The molecule has 0 saturated heterocycles. The number of carbonyl (C=O) groups excluding carboxylic acids is 3. The van der Waals surface area contributed by atoms with Gasteiger partial charge in [-0.25, -0.2) is 9.82 Å². The predicted molar refractivity (Wildman–Crippen MR) is 134 cm³/mol. The van der Waals surface area contributed by atoms with Crippen LogP contribution in [0.25, 0.3) is 0 Å². The van der Waals surface area contributed by atoms with Gasteiger partial charge in [0.15, 0.2) is 18.1 Å². The summed E-state index contributed by atoms with van der Waals surface area (Å²) in [7, 11) is 1.41. The Morgan fingerprint density at radius 2 is 1.67 bits per heavy atom. The zero-order chi connectivity index (χ0) is 26.1. The summed E-state index contributed by atoms with van der Waals surface area (Å²) in [6.07, 6.45) is 1.26. The van der Waals surface area contributed by atoms with Crippen LogP contribution < -0.4 is 25.5 Å². The number of hydrazone groups is 1. The molecule has 36 heavy (non-hydrogen) atoms. The highest BCUT2D eigenvalue weighted by molar-refractivity contribution is 6.39. The summed E-state index contributed by atoms with van der Waals surface area (Å²) in [4.78, 5) is 36.0. The van der Waals surface area contributed by atoms with Crippen LogP contribution in [0.5, 0.6) is 11.5 Å². The second kappa shape index (κ2) is 12.5. The molecule has 0 atom stereocenters. The fourth-order valence-corrected chi connectivity index (χ4v) is 3.33. The Kier molecular flexibility index (Phi) is 9.20. The summed E-state index contributed by atoms with van der Waals surface area (Å²) in [5, 5.41) is 9.22. The third kappa shape index (κ3) is 7.69. The normalized spacial score (nSPS) is 10.6. The molecule has 3 aromatic rings. The smallest absolute Gasteiger partial charge is 0.329 e. The average molecular weight is 533 g/mol. The Morgan fingerprint density at radius 3 is 2.36 bits per heavy atom. The van der Waals surface area contributed by atoms with E-state index in [1.807, 2.05) is 5.43 Å². The van der Waals surface area contributed by atoms with Crippen molar-refractivity contribution >= 4 is 58.5 Å². The average Bonchev–Trinajstić information content (AvgIpc) is 2.83. The molecule has 0 aliphatic carbocycles. The molecule has 0 radical (unpaired) electrons. The number of amides is 3. The van der Waals surface area contributed by atoms with Gasteiger partial charge in [0.25, 0.3) is 5.91 Å². The monoisotopic (exact) mass is 532 g/mol. The zero-order valence-corrected chi connectivity index (χ0v) is 20.2. The standard InChI is InChI=1S/C24H19Cl2FN4O5/c1-35-21-8-14(12-28-31-24(34)23(33)30-19-5-3-2-4-18(19)27)6-7-20(21)36-13-22(32)29-17-10-15(25)9-16(26)11-17/h2-12H,13H2,1H3,(H,29,32)(H,30,33)(H,31,34)/b28-12-. The molecule has 0 spiro atoms. The van der Waals surface area contributed by atoms with E-state index in [1.54, 1.807) is 24.3 Å². The fraction of sp³-hybridized carbons (Fsp3) is 0.0833. The first kappa shape index (κ1) is 26.5. The number of anilines is 2. The molecule has 3 amide bonds. The number of hydrogen-bond donors (Lipinski definition) is 3. The largest absolute Gasteiger partial charge is 0.493 e. The lowest BCUT2D eigenvalue weighted by molar-refractivity contribution is -0.136. The number of nitrogens with one attached hydrogen (secondary N) is 3. The van der Waals surface area contributed by atoms with Gasteiger partial charge < -0.3 is 20.1 Å². The van der Waals surface area contributed by atoms with Gasteiger partial charge in [-0.2, -0.15) is 5.10 Å². The molecule has 12 heteroatoms. The molecular formula is C24H19Cl2FN4O5. The first-order valence-electron chi connectivity index (χ1n) is 10.2. The summed E-state index contributed by atoms with van der Waals surface area (Å²) < 4.78 is 24.4. The molecule has 0 heterocycles. The quantitative estimate of drug-likeness (QED) is 0.227. The number of methoxy groups -OCH3 is 1. The lowest BCUT2D eigenvalue weighted by atomic mass is 10.2. The van der Waals surface area contributed by atoms with Gasteiger partial charge in [-0.05, 0) is 54.1 Å². The molecule has 9 nitrogen and oxygen atoms in total. The molecule has 3 N–H and O–H groups in total. The molecule has 186 valence electrons. The van der Waals surface area contributed by atoms with Crippen LogP contribution >= 0.6 is 23.2 Å². The molecule has 0 bridgehead atoms. The molecule has 0 aliphatic rings. The van der Waals surface area contributed by atoms with Crippen molar-refractivity contribution in [2.24, 2.45) is 5.10 Å². The van der Waals surface area contributed by atoms with Gasteiger partial charge >= 0.3 is 11.8 Å². The number of nitrogens with zero attached hydrogens (tertiary/aromatic N) is 1. The third-order valence-corrected chi connectivity index (χ3v) is 4.84. The highest BCUT2D eigenvalue weighted by atomic mass is 35.5. The molecular weight excluding hydrogens is 514 g/mol. The lowest BCUT2D eigenvalue weighted by Crippen LogP contribution is -2.32. The molecule has 0 fully saturated rings.